The molecule has 19 heavy (non-hydrogen) atoms. The average molecular weight is 270 g/mol. The minimum atomic E-state index is -0.395. The van der Waals surface area contributed by atoms with E-state index < -0.39 is 5.60 Å². The molecule has 1 aliphatic heterocycles. The average Bonchev–Trinajstić information content (AvgIpc) is 2.49. The predicted molar refractivity (Wildman–Crippen MR) is 78.3 cm³/mol. The number of rotatable bonds is 3. The van der Waals surface area contributed by atoms with E-state index >= 15 is 0 Å². The lowest BCUT2D eigenvalue weighted by Crippen LogP contribution is -2.37. The Bertz CT molecular complexity index is 284. The molecule has 1 fully saturated rings. The molecule has 1 saturated heterocycles. The second kappa shape index (κ2) is 7.13. The fourth-order valence-electron chi connectivity index (χ4n) is 2.40. The van der Waals surface area contributed by atoms with Gasteiger partial charge in [0.05, 0.1) is 0 Å². The molecule has 0 bridgehead atoms. The van der Waals surface area contributed by atoms with Crippen LogP contribution in [0.3, 0.4) is 0 Å². The zero-order valence-electron chi connectivity index (χ0n) is 13.2. The Hall–Kier alpha value is -0.770. The summed E-state index contributed by atoms with van der Waals surface area (Å²) >= 11 is 0. The van der Waals surface area contributed by atoms with E-state index in [0.717, 1.165) is 38.4 Å². The van der Waals surface area contributed by atoms with E-state index in [1.807, 2.05) is 25.7 Å². The number of hydrogen-bond donors (Lipinski definition) is 0. The Morgan fingerprint density at radius 3 is 2.53 bits per heavy atom. The molecule has 4 nitrogen and oxygen atoms in total. The fraction of sp³-hybridized carbons (Fsp3) is 0.933. The SMILES string of the molecule is CN(C)CCC1CCCN(C(=O)OC(C)(C)C)CC1. The van der Waals surface area contributed by atoms with Crippen LogP contribution in [0.2, 0.25) is 0 Å². The van der Waals surface area contributed by atoms with Crippen LogP contribution in [0.15, 0.2) is 0 Å². The van der Waals surface area contributed by atoms with Gasteiger partial charge in [-0.2, -0.15) is 0 Å². The van der Waals surface area contributed by atoms with Crippen molar-refractivity contribution in [1.29, 1.82) is 0 Å². The Morgan fingerprint density at radius 2 is 1.95 bits per heavy atom. The van der Waals surface area contributed by atoms with Gasteiger partial charge in [-0.15, -0.1) is 0 Å². The van der Waals surface area contributed by atoms with Gasteiger partial charge in [0.1, 0.15) is 5.60 Å². The molecule has 1 unspecified atom stereocenters. The standard InChI is InChI=1S/C15H30N2O2/c1-15(2,3)19-14(18)17-10-6-7-13(9-12-17)8-11-16(4)5/h13H,6-12H2,1-5H3. The fourth-order valence-corrected chi connectivity index (χ4v) is 2.40. The van der Waals surface area contributed by atoms with Crippen LogP contribution in [-0.4, -0.2) is 55.2 Å². The molecule has 0 aromatic carbocycles. The van der Waals surface area contributed by atoms with E-state index in [9.17, 15) is 4.79 Å². The van der Waals surface area contributed by atoms with Crippen molar-refractivity contribution in [3.05, 3.63) is 0 Å². The summed E-state index contributed by atoms with van der Waals surface area (Å²) in [6.45, 7) is 8.57. The number of likely N-dealkylation sites (tertiary alicyclic amines) is 1. The topological polar surface area (TPSA) is 32.8 Å². The molecule has 0 aromatic heterocycles. The van der Waals surface area contributed by atoms with E-state index in [2.05, 4.69) is 19.0 Å². The van der Waals surface area contributed by atoms with Crippen molar-refractivity contribution in [3.63, 3.8) is 0 Å². The van der Waals surface area contributed by atoms with Gasteiger partial charge in [0.15, 0.2) is 0 Å². The van der Waals surface area contributed by atoms with Gasteiger partial charge in [0, 0.05) is 13.1 Å². The largest absolute Gasteiger partial charge is 0.444 e. The number of carbonyl (C=O) groups is 1. The van der Waals surface area contributed by atoms with Gasteiger partial charge < -0.3 is 14.5 Å². The number of ether oxygens (including phenoxy) is 1. The van der Waals surface area contributed by atoms with E-state index in [4.69, 9.17) is 4.74 Å². The van der Waals surface area contributed by atoms with Crippen LogP contribution < -0.4 is 0 Å². The van der Waals surface area contributed by atoms with Crippen molar-refractivity contribution in [2.75, 3.05) is 33.7 Å². The van der Waals surface area contributed by atoms with Gasteiger partial charge in [-0.25, -0.2) is 4.79 Å². The molecule has 1 rings (SSSR count). The highest BCUT2D eigenvalue weighted by atomic mass is 16.6. The molecule has 0 N–H and O–H groups in total. The van der Waals surface area contributed by atoms with Crippen molar-refractivity contribution in [2.24, 2.45) is 5.92 Å². The first kappa shape index (κ1) is 16.3. The highest BCUT2D eigenvalue weighted by molar-refractivity contribution is 5.68. The molecule has 0 aliphatic carbocycles. The Kier molecular flexibility index (Phi) is 6.11. The monoisotopic (exact) mass is 270 g/mol. The van der Waals surface area contributed by atoms with Crippen LogP contribution in [-0.2, 0) is 4.74 Å². The zero-order chi connectivity index (χ0) is 14.5. The third-order valence-corrected chi connectivity index (χ3v) is 3.48. The van der Waals surface area contributed by atoms with Crippen LogP contribution in [0.1, 0.15) is 46.5 Å². The minimum absolute atomic E-state index is 0.152. The molecule has 1 heterocycles. The maximum Gasteiger partial charge on any atom is 0.410 e. The molecule has 1 aliphatic rings. The molecule has 0 aromatic rings. The van der Waals surface area contributed by atoms with Crippen molar-refractivity contribution < 1.29 is 9.53 Å². The third-order valence-electron chi connectivity index (χ3n) is 3.48. The third kappa shape index (κ3) is 6.81. The Balaban J connectivity index is 2.39. The lowest BCUT2D eigenvalue weighted by molar-refractivity contribution is 0.0255. The van der Waals surface area contributed by atoms with Crippen LogP contribution in [0, 0.1) is 5.92 Å². The molecular weight excluding hydrogens is 240 g/mol. The van der Waals surface area contributed by atoms with E-state index in [1.165, 1.54) is 12.8 Å². The van der Waals surface area contributed by atoms with Crippen LogP contribution in [0.5, 0.6) is 0 Å². The molecule has 1 atom stereocenters. The molecule has 0 radical (unpaired) electrons. The first-order valence-electron chi connectivity index (χ1n) is 7.40. The van der Waals surface area contributed by atoms with Gasteiger partial charge in [0.2, 0.25) is 0 Å². The molecule has 112 valence electrons. The minimum Gasteiger partial charge on any atom is -0.444 e. The normalized spacial score (nSPS) is 21.4. The predicted octanol–water partition coefficient (Wildman–Crippen LogP) is 2.98. The van der Waals surface area contributed by atoms with Crippen molar-refractivity contribution >= 4 is 6.09 Å². The molecule has 1 amide bonds. The van der Waals surface area contributed by atoms with E-state index in [1.54, 1.807) is 0 Å². The highest BCUT2D eigenvalue weighted by Crippen LogP contribution is 2.22. The number of hydrogen-bond acceptors (Lipinski definition) is 3. The van der Waals surface area contributed by atoms with Crippen LogP contribution in [0.25, 0.3) is 0 Å². The first-order valence-corrected chi connectivity index (χ1v) is 7.40. The van der Waals surface area contributed by atoms with E-state index in [-0.39, 0.29) is 6.09 Å². The quantitative estimate of drug-likeness (QED) is 0.790. The summed E-state index contributed by atoms with van der Waals surface area (Å²) in [5.41, 5.74) is -0.395. The smallest absolute Gasteiger partial charge is 0.410 e. The lowest BCUT2D eigenvalue weighted by atomic mass is 9.97. The van der Waals surface area contributed by atoms with Gasteiger partial charge in [0.25, 0.3) is 0 Å². The summed E-state index contributed by atoms with van der Waals surface area (Å²) in [5, 5.41) is 0. The van der Waals surface area contributed by atoms with Crippen molar-refractivity contribution in [1.82, 2.24) is 9.80 Å². The summed E-state index contributed by atoms with van der Waals surface area (Å²) in [6, 6.07) is 0. The Morgan fingerprint density at radius 1 is 1.26 bits per heavy atom. The van der Waals surface area contributed by atoms with Crippen LogP contribution >= 0.6 is 0 Å². The van der Waals surface area contributed by atoms with Crippen LogP contribution in [0.4, 0.5) is 4.79 Å². The van der Waals surface area contributed by atoms with E-state index in [0.29, 0.717) is 0 Å². The second-order valence-corrected chi connectivity index (χ2v) is 6.86. The summed E-state index contributed by atoms with van der Waals surface area (Å²) in [6.07, 6.45) is 4.51. The number of carbonyl (C=O) groups excluding carboxylic acids is 1. The van der Waals surface area contributed by atoms with Gasteiger partial charge in [-0.1, -0.05) is 0 Å². The molecular formula is C15H30N2O2. The molecule has 0 spiro atoms. The number of nitrogens with zero attached hydrogens (tertiary/aromatic N) is 2. The first-order chi connectivity index (χ1) is 8.78. The molecule has 4 heteroatoms. The molecule has 0 saturated carbocycles. The summed E-state index contributed by atoms with van der Waals surface area (Å²) < 4.78 is 5.44. The second-order valence-electron chi connectivity index (χ2n) is 6.86. The highest BCUT2D eigenvalue weighted by Gasteiger charge is 2.25. The maximum atomic E-state index is 12.0. The Labute approximate surface area is 118 Å². The van der Waals surface area contributed by atoms with Crippen molar-refractivity contribution in [2.45, 2.75) is 52.1 Å². The maximum absolute atomic E-state index is 12.0. The summed E-state index contributed by atoms with van der Waals surface area (Å²) in [4.78, 5) is 16.1. The van der Waals surface area contributed by atoms with Gasteiger partial charge in [-0.3, -0.25) is 0 Å². The summed E-state index contributed by atoms with van der Waals surface area (Å²) in [7, 11) is 4.23. The van der Waals surface area contributed by atoms with Gasteiger partial charge in [-0.05, 0) is 73.0 Å². The lowest BCUT2D eigenvalue weighted by Gasteiger charge is -2.26. The summed E-state index contributed by atoms with van der Waals surface area (Å²) in [5.74, 6) is 0.745. The number of amides is 1. The zero-order valence-corrected chi connectivity index (χ0v) is 13.2. The van der Waals surface area contributed by atoms with Crippen molar-refractivity contribution in [3.8, 4) is 0 Å². The van der Waals surface area contributed by atoms with Gasteiger partial charge >= 0.3 is 6.09 Å².